The van der Waals surface area contributed by atoms with E-state index in [1.54, 1.807) is 6.07 Å². The van der Waals surface area contributed by atoms with Gasteiger partial charge in [-0.05, 0) is 23.1 Å². The van der Waals surface area contributed by atoms with Crippen LogP contribution in [0.25, 0.3) is 0 Å². The van der Waals surface area contributed by atoms with E-state index in [1.807, 2.05) is 12.1 Å². The molecule has 0 unspecified atom stereocenters. The highest BCUT2D eigenvalue weighted by Gasteiger charge is 2.23. The summed E-state index contributed by atoms with van der Waals surface area (Å²) in [5.74, 6) is -0.263. The molecule has 2 aromatic rings. The topological polar surface area (TPSA) is 90.0 Å². The van der Waals surface area contributed by atoms with Crippen LogP contribution in [0.15, 0.2) is 18.2 Å². The van der Waals surface area contributed by atoms with E-state index in [0.29, 0.717) is 17.9 Å². The van der Waals surface area contributed by atoms with E-state index in [0.717, 1.165) is 29.8 Å². The number of carbonyl (C=O) groups is 1. The van der Waals surface area contributed by atoms with Gasteiger partial charge in [-0.2, -0.15) is 5.10 Å². The minimum atomic E-state index is -0.312. The second-order valence-corrected chi connectivity index (χ2v) is 6.89. The van der Waals surface area contributed by atoms with Crippen LogP contribution in [0.1, 0.15) is 48.1 Å². The summed E-state index contributed by atoms with van der Waals surface area (Å²) in [5.41, 5.74) is 3.66. The molecule has 0 atom stereocenters. The summed E-state index contributed by atoms with van der Waals surface area (Å²) < 4.78 is 0. The Morgan fingerprint density at radius 2 is 2.08 bits per heavy atom. The highest BCUT2D eigenvalue weighted by atomic mass is 35.5. The first-order valence-electron chi connectivity index (χ1n) is 7.78. The van der Waals surface area contributed by atoms with Gasteiger partial charge in [0.25, 0.3) is 5.91 Å². The maximum atomic E-state index is 12.5. The zero-order valence-corrected chi connectivity index (χ0v) is 14.9. The van der Waals surface area contributed by atoms with Crippen LogP contribution in [0.3, 0.4) is 0 Å². The summed E-state index contributed by atoms with van der Waals surface area (Å²) in [5, 5.41) is 23.1. The van der Waals surface area contributed by atoms with E-state index in [-0.39, 0.29) is 29.5 Å². The lowest BCUT2D eigenvalue weighted by atomic mass is 9.87. The van der Waals surface area contributed by atoms with Crippen LogP contribution < -0.4 is 10.6 Å². The van der Waals surface area contributed by atoms with Crippen LogP contribution in [0, 0.1) is 0 Å². The van der Waals surface area contributed by atoms with Crippen molar-refractivity contribution in [3.05, 3.63) is 40.7 Å². The van der Waals surface area contributed by atoms with Gasteiger partial charge in [0.05, 0.1) is 5.69 Å². The molecule has 1 aromatic carbocycles. The number of carbonyl (C=O) groups excluding carboxylic acids is 1. The number of aromatic hydroxyl groups is 1. The number of halogens is 1. The number of anilines is 1. The summed E-state index contributed by atoms with van der Waals surface area (Å²) in [6.45, 7) is 7.76. The Balaban J connectivity index is 0.00000208. The fraction of sp³-hybridized carbons (Fsp3) is 0.412. The molecule has 1 aromatic heterocycles. The lowest BCUT2D eigenvalue weighted by molar-refractivity contribution is 0.102. The van der Waals surface area contributed by atoms with Crippen LogP contribution in [-0.2, 0) is 18.4 Å². The Bertz CT molecular complexity index is 750. The normalized spacial score (nSPS) is 13.8. The van der Waals surface area contributed by atoms with E-state index in [9.17, 15) is 9.90 Å². The molecule has 130 valence electrons. The Morgan fingerprint density at radius 1 is 1.33 bits per heavy atom. The van der Waals surface area contributed by atoms with Gasteiger partial charge >= 0.3 is 0 Å². The molecule has 1 aliphatic heterocycles. The van der Waals surface area contributed by atoms with Crippen molar-refractivity contribution >= 4 is 24.0 Å². The van der Waals surface area contributed by atoms with Crippen molar-refractivity contribution in [2.45, 2.75) is 39.2 Å². The number of H-pyrrole nitrogens is 1. The maximum absolute atomic E-state index is 12.5. The van der Waals surface area contributed by atoms with Crippen LogP contribution in [0.4, 0.5) is 5.69 Å². The van der Waals surface area contributed by atoms with E-state index < -0.39 is 0 Å². The molecule has 0 radical (unpaired) electrons. The summed E-state index contributed by atoms with van der Waals surface area (Å²) in [6, 6.07) is 5.29. The van der Waals surface area contributed by atoms with Crippen LogP contribution in [-0.4, -0.2) is 27.8 Å². The first-order valence-corrected chi connectivity index (χ1v) is 7.78. The second-order valence-electron chi connectivity index (χ2n) is 6.89. The Morgan fingerprint density at radius 3 is 2.79 bits per heavy atom. The molecule has 7 heteroatoms. The van der Waals surface area contributed by atoms with Gasteiger partial charge in [0.15, 0.2) is 5.69 Å². The zero-order valence-electron chi connectivity index (χ0n) is 14.1. The van der Waals surface area contributed by atoms with Crippen LogP contribution in [0.2, 0.25) is 0 Å². The summed E-state index contributed by atoms with van der Waals surface area (Å²) in [7, 11) is 0. The molecule has 2 heterocycles. The molecular weight excluding hydrogens is 328 g/mol. The van der Waals surface area contributed by atoms with Gasteiger partial charge in [-0.1, -0.05) is 26.8 Å². The lowest BCUT2D eigenvalue weighted by Crippen LogP contribution is -2.25. The van der Waals surface area contributed by atoms with Crippen molar-refractivity contribution < 1.29 is 9.90 Å². The Hall–Kier alpha value is -2.05. The molecule has 1 aliphatic rings. The van der Waals surface area contributed by atoms with Crippen molar-refractivity contribution in [2.24, 2.45) is 0 Å². The number of aromatic amines is 1. The van der Waals surface area contributed by atoms with Crippen LogP contribution >= 0.6 is 12.4 Å². The Labute approximate surface area is 147 Å². The number of benzene rings is 1. The number of phenols is 1. The monoisotopic (exact) mass is 350 g/mol. The lowest BCUT2D eigenvalue weighted by Gasteiger charge is -2.20. The average molecular weight is 351 g/mol. The predicted octanol–water partition coefficient (Wildman–Crippen LogP) is 2.73. The van der Waals surface area contributed by atoms with Gasteiger partial charge in [-0.15, -0.1) is 12.4 Å². The largest absolute Gasteiger partial charge is 0.506 e. The number of rotatable bonds is 2. The molecule has 0 spiro atoms. The van der Waals surface area contributed by atoms with Gasteiger partial charge in [0.2, 0.25) is 0 Å². The average Bonchev–Trinajstić information content (AvgIpc) is 2.92. The molecule has 3 rings (SSSR count). The van der Waals surface area contributed by atoms with Gasteiger partial charge < -0.3 is 15.7 Å². The first kappa shape index (κ1) is 18.3. The van der Waals surface area contributed by atoms with Crippen LogP contribution in [0.5, 0.6) is 5.75 Å². The highest BCUT2D eigenvalue weighted by Crippen LogP contribution is 2.31. The molecular formula is C17H23ClN4O2. The Kier molecular flexibility index (Phi) is 5.20. The van der Waals surface area contributed by atoms with Gasteiger partial charge in [0, 0.05) is 30.8 Å². The molecule has 24 heavy (non-hydrogen) atoms. The molecule has 0 fully saturated rings. The summed E-state index contributed by atoms with van der Waals surface area (Å²) in [6.07, 6.45) is 0.834. The third-order valence-electron chi connectivity index (χ3n) is 4.13. The van der Waals surface area contributed by atoms with Crippen molar-refractivity contribution in [3.8, 4) is 5.75 Å². The summed E-state index contributed by atoms with van der Waals surface area (Å²) in [4.78, 5) is 12.5. The number of nitrogens with one attached hydrogen (secondary N) is 3. The first-order chi connectivity index (χ1) is 10.9. The number of amides is 1. The summed E-state index contributed by atoms with van der Waals surface area (Å²) >= 11 is 0. The highest BCUT2D eigenvalue weighted by molar-refractivity contribution is 6.04. The smallest absolute Gasteiger partial charge is 0.276 e. The number of hydrogen-bond donors (Lipinski definition) is 4. The quantitative estimate of drug-likeness (QED) is 0.627. The standard InChI is InChI=1S/C17H22N4O2.ClH/c1-17(2,3)10-4-5-14(22)13(8-10)19-16(23)15-11-9-18-7-6-12(11)20-21-15;/h4-5,8,18,22H,6-7,9H2,1-3H3,(H,19,23)(H,20,21);1H. The van der Waals surface area contributed by atoms with Crippen molar-refractivity contribution in [3.63, 3.8) is 0 Å². The molecule has 1 amide bonds. The third kappa shape index (κ3) is 3.55. The number of phenolic OH excluding ortho intramolecular Hbond substituents is 1. The minimum Gasteiger partial charge on any atom is -0.506 e. The number of hydrogen-bond acceptors (Lipinski definition) is 4. The molecule has 0 saturated carbocycles. The number of nitrogens with zero attached hydrogens (tertiary/aromatic N) is 1. The van der Waals surface area contributed by atoms with Crippen molar-refractivity contribution in [1.82, 2.24) is 15.5 Å². The van der Waals surface area contributed by atoms with Crippen molar-refractivity contribution in [2.75, 3.05) is 11.9 Å². The van der Waals surface area contributed by atoms with Gasteiger partial charge in [0.1, 0.15) is 5.75 Å². The fourth-order valence-corrected chi connectivity index (χ4v) is 2.70. The van der Waals surface area contributed by atoms with E-state index in [2.05, 4.69) is 41.6 Å². The zero-order chi connectivity index (χ0) is 16.6. The van der Waals surface area contributed by atoms with E-state index in [4.69, 9.17) is 0 Å². The molecule has 6 nitrogen and oxygen atoms in total. The van der Waals surface area contributed by atoms with E-state index >= 15 is 0 Å². The molecule has 0 saturated heterocycles. The third-order valence-corrected chi connectivity index (χ3v) is 4.13. The molecule has 4 N–H and O–H groups in total. The fourth-order valence-electron chi connectivity index (χ4n) is 2.70. The van der Waals surface area contributed by atoms with Gasteiger partial charge in [-0.25, -0.2) is 0 Å². The van der Waals surface area contributed by atoms with Gasteiger partial charge in [-0.3, -0.25) is 9.89 Å². The number of fused-ring (bicyclic) bond motifs is 1. The minimum absolute atomic E-state index is 0. The number of aromatic nitrogens is 2. The SMILES string of the molecule is CC(C)(C)c1ccc(O)c(NC(=O)c2n[nH]c3c2CNCC3)c1.Cl. The molecule has 0 aliphatic carbocycles. The second kappa shape index (κ2) is 6.83. The van der Waals surface area contributed by atoms with Crippen molar-refractivity contribution in [1.29, 1.82) is 0 Å². The van der Waals surface area contributed by atoms with E-state index in [1.165, 1.54) is 0 Å². The predicted molar refractivity (Wildman–Crippen MR) is 96.0 cm³/mol. The maximum Gasteiger partial charge on any atom is 0.276 e. The molecule has 0 bridgehead atoms.